The Morgan fingerprint density at radius 3 is 2.79 bits per heavy atom. The summed E-state index contributed by atoms with van der Waals surface area (Å²) in [5.74, 6) is 5.48. The van der Waals surface area contributed by atoms with Crippen molar-refractivity contribution in [1.29, 1.82) is 0 Å². The average molecular weight is 257 g/mol. The first-order chi connectivity index (χ1) is 9.20. The Bertz CT molecular complexity index is 519. The van der Waals surface area contributed by atoms with Crippen LogP contribution in [-0.4, -0.2) is 23.7 Å². The molecule has 2 rings (SSSR count). The van der Waals surface area contributed by atoms with Crippen molar-refractivity contribution >= 4 is 5.91 Å². The van der Waals surface area contributed by atoms with E-state index in [1.165, 1.54) is 12.8 Å². The van der Waals surface area contributed by atoms with Crippen LogP contribution < -0.4 is 5.32 Å². The Hall–Kier alpha value is -1.79. The fourth-order valence-corrected chi connectivity index (χ4v) is 2.42. The molecule has 0 heterocycles. The van der Waals surface area contributed by atoms with E-state index in [0.717, 1.165) is 24.0 Å². The molecule has 1 aromatic rings. The van der Waals surface area contributed by atoms with E-state index in [-0.39, 0.29) is 12.5 Å². The van der Waals surface area contributed by atoms with Gasteiger partial charge in [0.2, 0.25) is 0 Å². The van der Waals surface area contributed by atoms with Crippen LogP contribution in [0.5, 0.6) is 0 Å². The Morgan fingerprint density at radius 2 is 2.16 bits per heavy atom. The van der Waals surface area contributed by atoms with E-state index in [0.29, 0.717) is 11.6 Å². The summed E-state index contributed by atoms with van der Waals surface area (Å²) in [5, 5.41) is 11.8. The summed E-state index contributed by atoms with van der Waals surface area (Å²) in [6, 6.07) is 5.81. The maximum atomic E-state index is 12.1. The zero-order valence-electron chi connectivity index (χ0n) is 11.2. The molecule has 0 aromatic heterocycles. The SMILES string of the molecule is Cc1cc(C(=O)NC2CCCC2)ccc1C#CCO. The van der Waals surface area contributed by atoms with Crippen LogP contribution in [0.15, 0.2) is 18.2 Å². The molecule has 0 aliphatic heterocycles. The first-order valence-corrected chi connectivity index (χ1v) is 6.72. The van der Waals surface area contributed by atoms with Crippen molar-refractivity contribution in [3.8, 4) is 11.8 Å². The number of carbonyl (C=O) groups excluding carboxylic acids is 1. The van der Waals surface area contributed by atoms with E-state index in [1.54, 1.807) is 6.07 Å². The van der Waals surface area contributed by atoms with Crippen molar-refractivity contribution in [3.05, 3.63) is 34.9 Å². The van der Waals surface area contributed by atoms with Gasteiger partial charge in [-0.15, -0.1) is 0 Å². The van der Waals surface area contributed by atoms with Crippen LogP contribution in [0.1, 0.15) is 47.2 Å². The molecule has 1 amide bonds. The number of nitrogens with one attached hydrogen (secondary N) is 1. The lowest BCUT2D eigenvalue weighted by atomic mass is 10.0. The molecule has 0 saturated heterocycles. The molecule has 0 unspecified atom stereocenters. The van der Waals surface area contributed by atoms with Gasteiger partial charge in [-0.3, -0.25) is 4.79 Å². The molecule has 0 spiro atoms. The molecule has 100 valence electrons. The van der Waals surface area contributed by atoms with Crippen LogP contribution >= 0.6 is 0 Å². The average Bonchev–Trinajstić information content (AvgIpc) is 2.90. The van der Waals surface area contributed by atoms with Gasteiger partial charge in [0.1, 0.15) is 6.61 Å². The van der Waals surface area contributed by atoms with E-state index in [1.807, 2.05) is 19.1 Å². The van der Waals surface area contributed by atoms with Gasteiger partial charge in [-0.1, -0.05) is 24.7 Å². The Labute approximate surface area is 114 Å². The normalized spacial score (nSPS) is 14.8. The summed E-state index contributed by atoms with van der Waals surface area (Å²) in [4.78, 5) is 12.1. The number of carbonyl (C=O) groups is 1. The molecule has 1 aromatic carbocycles. The second-order valence-corrected chi connectivity index (χ2v) is 4.94. The van der Waals surface area contributed by atoms with E-state index in [2.05, 4.69) is 17.2 Å². The van der Waals surface area contributed by atoms with Crippen molar-refractivity contribution in [2.45, 2.75) is 38.6 Å². The molecule has 3 heteroatoms. The summed E-state index contributed by atoms with van der Waals surface area (Å²) >= 11 is 0. The monoisotopic (exact) mass is 257 g/mol. The molecule has 1 saturated carbocycles. The smallest absolute Gasteiger partial charge is 0.251 e. The zero-order chi connectivity index (χ0) is 13.7. The van der Waals surface area contributed by atoms with Crippen LogP contribution in [0, 0.1) is 18.8 Å². The lowest BCUT2D eigenvalue weighted by Crippen LogP contribution is -2.32. The minimum absolute atomic E-state index is 0.00309. The van der Waals surface area contributed by atoms with E-state index in [9.17, 15) is 4.79 Å². The number of benzene rings is 1. The number of aliphatic hydroxyl groups is 1. The van der Waals surface area contributed by atoms with E-state index < -0.39 is 0 Å². The summed E-state index contributed by atoms with van der Waals surface area (Å²) in [6.45, 7) is 1.77. The number of aryl methyl sites for hydroxylation is 1. The van der Waals surface area contributed by atoms with Crippen LogP contribution in [0.2, 0.25) is 0 Å². The number of amides is 1. The lowest BCUT2D eigenvalue weighted by Gasteiger charge is -2.12. The van der Waals surface area contributed by atoms with Crippen molar-refractivity contribution in [1.82, 2.24) is 5.32 Å². The molecule has 1 aliphatic rings. The molecule has 2 N–H and O–H groups in total. The summed E-state index contributed by atoms with van der Waals surface area (Å²) in [7, 11) is 0. The third-order valence-electron chi connectivity index (χ3n) is 3.48. The number of hydrogen-bond acceptors (Lipinski definition) is 2. The van der Waals surface area contributed by atoms with Gasteiger partial charge < -0.3 is 10.4 Å². The highest BCUT2D eigenvalue weighted by Gasteiger charge is 2.18. The van der Waals surface area contributed by atoms with Crippen LogP contribution in [0.4, 0.5) is 0 Å². The summed E-state index contributed by atoms with van der Waals surface area (Å²) in [5.41, 5.74) is 2.49. The highest BCUT2D eigenvalue weighted by atomic mass is 16.2. The topological polar surface area (TPSA) is 49.3 Å². The Balaban J connectivity index is 2.08. The quantitative estimate of drug-likeness (QED) is 0.796. The van der Waals surface area contributed by atoms with Crippen LogP contribution in [0.3, 0.4) is 0 Å². The van der Waals surface area contributed by atoms with Gasteiger partial charge in [-0.25, -0.2) is 0 Å². The van der Waals surface area contributed by atoms with Crippen LogP contribution in [0.25, 0.3) is 0 Å². The van der Waals surface area contributed by atoms with Crippen molar-refractivity contribution in [3.63, 3.8) is 0 Å². The highest BCUT2D eigenvalue weighted by molar-refractivity contribution is 5.94. The molecule has 1 aliphatic carbocycles. The highest BCUT2D eigenvalue weighted by Crippen LogP contribution is 2.18. The predicted molar refractivity (Wildman–Crippen MR) is 74.9 cm³/mol. The zero-order valence-corrected chi connectivity index (χ0v) is 11.2. The molecular weight excluding hydrogens is 238 g/mol. The molecule has 0 atom stereocenters. The fourth-order valence-electron chi connectivity index (χ4n) is 2.42. The minimum Gasteiger partial charge on any atom is -0.384 e. The van der Waals surface area contributed by atoms with E-state index in [4.69, 9.17) is 5.11 Å². The Morgan fingerprint density at radius 1 is 1.42 bits per heavy atom. The molecule has 0 bridgehead atoms. The first-order valence-electron chi connectivity index (χ1n) is 6.72. The van der Waals surface area contributed by atoms with Crippen LogP contribution in [-0.2, 0) is 0 Å². The lowest BCUT2D eigenvalue weighted by molar-refractivity contribution is 0.0938. The van der Waals surface area contributed by atoms with Gasteiger partial charge in [0.25, 0.3) is 5.91 Å². The Kier molecular flexibility index (Phi) is 4.59. The largest absolute Gasteiger partial charge is 0.384 e. The number of aliphatic hydroxyl groups excluding tert-OH is 1. The summed E-state index contributed by atoms with van der Waals surface area (Å²) < 4.78 is 0. The van der Waals surface area contributed by atoms with E-state index >= 15 is 0 Å². The van der Waals surface area contributed by atoms with Crippen molar-refractivity contribution in [2.75, 3.05) is 6.61 Å². The number of rotatable bonds is 2. The molecule has 19 heavy (non-hydrogen) atoms. The molecular formula is C16H19NO2. The second kappa shape index (κ2) is 6.40. The first kappa shape index (κ1) is 13.6. The van der Waals surface area contributed by atoms with Gasteiger partial charge >= 0.3 is 0 Å². The van der Waals surface area contributed by atoms with Crippen molar-refractivity contribution < 1.29 is 9.90 Å². The molecule has 1 fully saturated rings. The molecule has 0 radical (unpaired) electrons. The van der Waals surface area contributed by atoms with Gasteiger partial charge in [0, 0.05) is 17.2 Å². The van der Waals surface area contributed by atoms with Gasteiger partial charge in [-0.05, 0) is 43.5 Å². The maximum Gasteiger partial charge on any atom is 0.251 e. The summed E-state index contributed by atoms with van der Waals surface area (Å²) in [6.07, 6.45) is 4.59. The predicted octanol–water partition coefficient (Wildman–Crippen LogP) is 2.01. The standard InChI is InChI=1S/C16H19NO2/c1-12-11-14(9-8-13(12)5-4-10-18)16(19)17-15-6-2-3-7-15/h8-9,11,15,18H,2-3,6-7,10H2,1H3,(H,17,19). The maximum absolute atomic E-state index is 12.1. The fraction of sp³-hybridized carbons (Fsp3) is 0.438. The minimum atomic E-state index is -0.149. The second-order valence-electron chi connectivity index (χ2n) is 4.94. The van der Waals surface area contributed by atoms with Gasteiger partial charge in [0.05, 0.1) is 0 Å². The van der Waals surface area contributed by atoms with Gasteiger partial charge in [-0.2, -0.15) is 0 Å². The van der Waals surface area contributed by atoms with Crippen molar-refractivity contribution in [2.24, 2.45) is 0 Å². The molecule has 3 nitrogen and oxygen atoms in total. The third kappa shape index (κ3) is 3.59. The van der Waals surface area contributed by atoms with Gasteiger partial charge in [0.15, 0.2) is 0 Å². The number of hydrogen-bond donors (Lipinski definition) is 2. The third-order valence-corrected chi connectivity index (χ3v) is 3.48.